The third-order valence-electron chi connectivity index (χ3n) is 14.5. The highest BCUT2D eigenvalue weighted by Gasteiger charge is 2.43. The molecule has 85 heavy (non-hydrogen) atoms. The van der Waals surface area contributed by atoms with Gasteiger partial charge in [-0.2, -0.15) is 0 Å². The first-order valence-corrected chi connectivity index (χ1v) is 28.7. The second-order valence-corrected chi connectivity index (χ2v) is 20.6. The van der Waals surface area contributed by atoms with Gasteiger partial charge in [0.25, 0.3) is 0 Å². The van der Waals surface area contributed by atoms with Gasteiger partial charge in [-0.25, -0.2) is 19.2 Å². The molecule has 10 nitrogen and oxygen atoms in total. The van der Waals surface area contributed by atoms with Crippen LogP contribution in [0, 0.1) is 23.7 Å². The number of rotatable bonds is 26. The van der Waals surface area contributed by atoms with Gasteiger partial charge in [0.1, 0.15) is 23.0 Å². The van der Waals surface area contributed by atoms with Crippen molar-refractivity contribution in [2.24, 2.45) is 0 Å². The van der Waals surface area contributed by atoms with E-state index in [1.807, 2.05) is 24.3 Å². The van der Waals surface area contributed by atoms with Gasteiger partial charge in [0.05, 0.1) is 37.6 Å². The number of fused-ring (bicyclic) bond motifs is 3. The standard InChI is InChI=1S/C75H66O10/c1-3-71(76)82-51-15-7-5-13-49-80-63-45-37-61(38-46-63)73(78)84-65-41-33-57(34-42-65)23-21-55-25-29-59(30-26-55)53-75(69-19-11-9-17-67(69)68-18-10-12-20-70(68)75)54-60-31-27-56(28-32-60)22-24-58-35-43-66(44-36-58)85-74(79)62-39-47-64(48-40-62)81-50-14-6-8-16-52-83-72(77)4-2/h3-4,9-12,17-20,25-48H,1-2,5-8,13-16,49-54H2. The van der Waals surface area contributed by atoms with Crippen molar-refractivity contribution in [1.82, 2.24) is 0 Å². The van der Waals surface area contributed by atoms with Crippen molar-refractivity contribution in [3.05, 3.63) is 275 Å². The van der Waals surface area contributed by atoms with E-state index in [4.69, 9.17) is 28.4 Å². The summed E-state index contributed by atoms with van der Waals surface area (Å²) >= 11 is 0. The van der Waals surface area contributed by atoms with Gasteiger partial charge in [-0.05, 0) is 219 Å². The van der Waals surface area contributed by atoms with Crippen LogP contribution in [0.1, 0.15) is 117 Å². The van der Waals surface area contributed by atoms with Gasteiger partial charge >= 0.3 is 23.9 Å². The molecule has 0 amide bonds. The molecular weight excluding hydrogens is 1060 g/mol. The number of hydrogen-bond donors (Lipinski definition) is 0. The minimum atomic E-state index is -0.465. The number of esters is 4. The first-order valence-electron chi connectivity index (χ1n) is 28.7. The molecule has 0 fully saturated rings. The summed E-state index contributed by atoms with van der Waals surface area (Å²) in [5, 5.41) is 0. The minimum absolute atomic E-state index is 0.332. The highest BCUT2D eigenvalue weighted by molar-refractivity contribution is 5.92. The predicted molar refractivity (Wildman–Crippen MR) is 331 cm³/mol. The van der Waals surface area contributed by atoms with Crippen LogP contribution in [0.3, 0.4) is 0 Å². The number of ether oxygens (including phenoxy) is 6. The first kappa shape index (κ1) is 59.5. The average molecular weight is 1130 g/mol. The van der Waals surface area contributed by atoms with Gasteiger partial charge in [0.2, 0.25) is 0 Å². The monoisotopic (exact) mass is 1130 g/mol. The average Bonchev–Trinajstić information content (AvgIpc) is 2.10. The summed E-state index contributed by atoms with van der Waals surface area (Å²) in [5.41, 5.74) is 11.4. The third-order valence-corrected chi connectivity index (χ3v) is 14.5. The zero-order valence-corrected chi connectivity index (χ0v) is 47.5. The largest absolute Gasteiger partial charge is 0.494 e. The fraction of sp³-hybridized carbons (Fsp3) is 0.200. The molecule has 0 aliphatic heterocycles. The molecule has 0 spiro atoms. The molecular formula is C75H66O10. The lowest BCUT2D eigenvalue weighted by atomic mass is 9.69. The highest BCUT2D eigenvalue weighted by atomic mass is 16.5. The van der Waals surface area contributed by atoms with Crippen LogP contribution in [0.2, 0.25) is 0 Å². The molecule has 0 bridgehead atoms. The fourth-order valence-electron chi connectivity index (χ4n) is 10.1. The van der Waals surface area contributed by atoms with Crippen molar-refractivity contribution in [1.29, 1.82) is 0 Å². The number of hydrogen-bond acceptors (Lipinski definition) is 10. The molecule has 8 aromatic carbocycles. The van der Waals surface area contributed by atoms with Crippen molar-refractivity contribution >= 4 is 23.9 Å². The normalized spacial score (nSPS) is 11.4. The van der Waals surface area contributed by atoms with Crippen LogP contribution >= 0.6 is 0 Å². The lowest BCUT2D eigenvalue weighted by Crippen LogP contribution is -2.31. The Morgan fingerprint density at radius 3 is 1.04 bits per heavy atom. The Hall–Kier alpha value is -10.2. The maximum atomic E-state index is 13.0. The molecule has 0 saturated carbocycles. The van der Waals surface area contributed by atoms with Gasteiger partial charge in [-0.15, -0.1) is 0 Å². The minimum Gasteiger partial charge on any atom is -0.494 e. The topological polar surface area (TPSA) is 124 Å². The second kappa shape index (κ2) is 30.2. The Labute approximate surface area is 498 Å². The molecule has 0 radical (unpaired) electrons. The smallest absolute Gasteiger partial charge is 0.343 e. The summed E-state index contributed by atoms with van der Waals surface area (Å²) in [5.74, 6) is 13.6. The molecule has 9 rings (SSSR count). The Bertz CT molecular complexity index is 3460. The van der Waals surface area contributed by atoms with E-state index in [1.54, 1.807) is 72.8 Å². The SMILES string of the molecule is C=CC(=O)OCCCCCCOc1ccc(C(=O)Oc2ccc(C#Cc3ccc(CC4(Cc5ccc(C#Cc6ccc(OC(=O)c7ccc(OCCCCCCOC(=O)C=C)cc7)cc6)cc5)c5ccccc5-c5ccccc54)cc3)cc2)cc1. The Kier molecular flexibility index (Phi) is 21.1. The lowest BCUT2D eigenvalue weighted by Gasteiger charge is -2.33. The highest BCUT2D eigenvalue weighted by Crippen LogP contribution is 2.52. The van der Waals surface area contributed by atoms with Crippen molar-refractivity contribution in [3.63, 3.8) is 0 Å². The Morgan fingerprint density at radius 1 is 0.365 bits per heavy atom. The van der Waals surface area contributed by atoms with Gasteiger partial charge < -0.3 is 28.4 Å². The van der Waals surface area contributed by atoms with Crippen molar-refractivity contribution < 1.29 is 47.6 Å². The number of carbonyl (C=O) groups excluding carboxylic acids is 4. The number of carbonyl (C=O) groups is 4. The molecule has 0 heterocycles. The van der Waals surface area contributed by atoms with Crippen LogP contribution in [-0.2, 0) is 37.3 Å². The zero-order valence-electron chi connectivity index (χ0n) is 47.5. The van der Waals surface area contributed by atoms with E-state index >= 15 is 0 Å². The van der Waals surface area contributed by atoms with E-state index in [9.17, 15) is 19.2 Å². The molecule has 0 N–H and O–H groups in total. The van der Waals surface area contributed by atoms with Crippen LogP contribution in [0.25, 0.3) is 11.1 Å². The number of unbranched alkanes of at least 4 members (excludes halogenated alkanes) is 6. The van der Waals surface area contributed by atoms with Crippen LogP contribution in [0.5, 0.6) is 23.0 Å². The molecule has 0 saturated heterocycles. The van der Waals surface area contributed by atoms with E-state index in [0.29, 0.717) is 60.6 Å². The molecule has 0 aromatic heterocycles. The van der Waals surface area contributed by atoms with Gasteiger partial charge in [0.15, 0.2) is 0 Å². The van der Waals surface area contributed by atoms with Crippen LogP contribution in [0.15, 0.2) is 219 Å². The van der Waals surface area contributed by atoms with E-state index in [1.165, 1.54) is 45.5 Å². The van der Waals surface area contributed by atoms with Crippen LogP contribution < -0.4 is 18.9 Å². The quantitative estimate of drug-likeness (QED) is 0.0170. The summed E-state index contributed by atoms with van der Waals surface area (Å²) in [6.45, 7) is 8.66. The van der Waals surface area contributed by atoms with Crippen molar-refractivity contribution in [2.75, 3.05) is 26.4 Å². The van der Waals surface area contributed by atoms with Crippen molar-refractivity contribution in [3.8, 4) is 57.8 Å². The van der Waals surface area contributed by atoms with E-state index in [-0.39, 0.29) is 5.41 Å². The van der Waals surface area contributed by atoms with Crippen LogP contribution in [0.4, 0.5) is 0 Å². The summed E-state index contributed by atoms with van der Waals surface area (Å²) in [4.78, 5) is 48.2. The molecule has 1 aliphatic carbocycles. The Balaban J connectivity index is 0.766. The van der Waals surface area contributed by atoms with E-state index in [0.717, 1.165) is 86.5 Å². The first-order chi connectivity index (χ1) is 41.6. The number of benzene rings is 8. The molecule has 10 heteroatoms. The molecule has 1 aliphatic rings. The summed E-state index contributed by atoms with van der Waals surface area (Å²) < 4.78 is 33.0. The summed E-state index contributed by atoms with van der Waals surface area (Å²) in [7, 11) is 0. The maximum absolute atomic E-state index is 13.0. The fourth-order valence-corrected chi connectivity index (χ4v) is 10.1. The van der Waals surface area contributed by atoms with Gasteiger partial charge in [0, 0.05) is 39.8 Å². The third kappa shape index (κ3) is 17.0. The zero-order chi connectivity index (χ0) is 59.1. The molecule has 0 unspecified atom stereocenters. The summed E-state index contributed by atoms with van der Waals surface area (Å²) in [6.07, 6.45) is 11.0. The van der Waals surface area contributed by atoms with Gasteiger partial charge in [-0.3, -0.25) is 0 Å². The second-order valence-electron chi connectivity index (χ2n) is 20.6. The summed E-state index contributed by atoms with van der Waals surface area (Å²) in [6, 6.07) is 62.7. The molecule has 0 atom stereocenters. The lowest BCUT2D eigenvalue weighted by molar-refractivity contribution is -0.138. The van der Waals surface area contributed by atoms with Crippen molar-refractivity contribution in [2.45, 2.75) is 69.6 Å². The van der Waals surface area contributed by atoms with Crippen LogP contribution in [-0.4, -0.2) is 50.3 Å². The Morgan fingerprint density at radius 2 is 0.682 bits per heavy atom. The van der Waals surface area contributed by atoms with Gasteiger partial charge in [-0.1, -0.05) is 110 Å². The van der Waals surface area contributed by atoms with E-state index < -0.39 is 23.9 Å². The molecule has 8 aromatic rings. The maximum Gasteiger partial charge on any atom is 0.343 e. The van der Waals surface area contributed by atoms with E-state index in [2.05, 4.69) is 134 Å². The molecule has 426 valence electrons. The predicted octanol–water partition coefficient (Wildman–Crippen LogP) is 15.0.